The molecule has 2 aliphatic rings. The highest BCUT2D eigenvalue weighted by Crippen LogP contribution is 2.38. The van der Waals surface area contributed by atoms with Gasteiger partial charge in [-0.2, -0.15) is 5.10 Å². The van der Waals surface area contributed by atoms with Gasteiger partial charge in [0.1, 0.15) is 11.8 Å². The van der Waals surface area contributed by atoms with Gasteiger partial charge < -0.3 is 8.83 Å². The minimum Gasteiger partial charge on any atom is -0.467 e. The van der Waals surface area contributed by atoms with Crippen LogP contribution in [0.1, 0.15) is 39.9 Å². The zero-order valence-corrected chi connectivity index (χ0v) is 18.5. The first-order valence-corrected chi connectivity index (χ1v) is 11.1. The molecule has 0 N–H and O–H groups in total. The smallest absolute Gasteiger partial charge is 0.310 e. The number of fused-ring (bicyclic) bond motifs is 1. The number of hydrazone groups is 1. The Morgan fingerprint density at radius 2 is 1.74 bits per heavy atom. The summed E-state index contributed by atoms with van der Waals surface area (Å²) in [5.41, 5.74) is 3.19. The van der Waals surface area contributed by atoms with Crippen molar-refractivity contribution < 1.29 is 18.4 Å². The molecule has 0 saturated carbocycles. The van der Waals surface area contributed by atoms with Gasteiger partial charge in [0.15, 0.2) is 5.76 Å². The molecule has 1 unspecified atom stereocenters. The van der Waals surface area contributed by atoms with Gasteiger partial charge in [-0.3, -0.25) is 9.59 Å². The Hall–Kier alpha value is -4.78. The van der Waals surface area contributed by atoms with E-state index in [2.05, 4.69) is 16.7 Å². The normalized spacial score (nSPS) is 17.3. The van der Waals surface area contributed by atoms with E-state index in [1.165, 1.54) is 11.3 Å². The molecule has 1 atom stereocenters. The van der Waals surface area contributed by atoms with E-state index in [9.17, 15) is 9.59 Å². The number of nitrogens with zero attached hydrogens (tertiary/aromatic N) is 3. The molecule has 2 aromatic heterocycles. The van der Waals surface area contributed by atoms with Gasteiger partial charge in [-0.1, -0.05) is 43.0 Å². The molecular formula is C28H19N3O4. The van der Waals surface area contributed by atoms with E-state index in [4.69, 9.17) is 8.83 Å². The maximum atomic E-state index is 13.4. The summed E-state index contributed by atoms with van der Waals surface area (Å²) in [6.07, 6.45) is 3.26. The van der Waals surface area contributed by atoms with E-state index in [0.717, 1.165) is 21.9 Å². The van der Waals surface area contributed by atoms with Crippen LogP contribution in [0.5, 0.6) is 0 Å². The minimum absolute atomic E-state index is 0.149. The largest absolute Gasteiger partial charge is 0.467 e. The number of hydrogen-bond donors (Lipinski definition) is 0. The second-order valence-electron chi connectivity index (χ2n) is 8.29. The number of benzene rings is 2. The van der Waals surface area contributed by atoms with Gasteiger partial charge in [-0.15, -0.1) is 0 Å². The van der Waals surface area contributed by atoms with Gasteiger partial charge in [-0.25, -0.2) is 10.0 Å². The standard InChI is InChI=1S/C28H19N3O4/c1-17-11-12-20-19(15-17)25(18-7-3-2-4-8-18)26(27(32)29-20)21-16-22(23-9-5-13-34-23)31(30-21)28(33)24-10-6-14-35-24/h2-15,22H,1,16H2. The van der Waals surface area contributed by atoms with Crippen molar-refractivity contribution >= 4 is 29.7 Å². The third-order valence-electron chi connectivity index (χ3n) is 6.09. The lowest BCUT2D eigenvalue weighted by atomic mass is 9.86. The monoisotopic (exact) mass is 461 g/mol. The fourth-order valence-electron chi connectivity index (χ4n) is 4.52. The Morgan fingerprint density at radius 3 is 2.49 bits per heavy atom. The van der Waals surface area contributed by atoms with Crippen molar-refractivity contribution in [3.8, 4) is 0 Å². The molecule has 6 rings (SSSR count). The molecule has 0 saturated heterocycles. The predicted molar refractivity (Wildman–Crippen MR) is 129 cm³/mol. The SMILES string of the molecule is C=c1ccc2c(c1)C(c1ccccc1)=C(C1=NN(C(=O)c3ccco3)C(c3ccco3)C1)C(=O)N=2. The van der Waals surface area contributed by atoms with E-state index in [1.54, 1.807) is 36.6 Å². The van der Waals surface area contributed by atoms with Crippen LogP contribution in [-0.4, -0.2) is 22.5 Å². The van der Waals surface area contributed by atoms with Crippen LogP contribution >= 0.6 is 0 Å². The van der Waals surface area contributed by atoms with Crippen LogP contribution in [-0.2, 0) is 4.79 Å². The molecule has 0 spiro atoms. The molecule has 2 aliphatic heterocycles. The lowest BCUT2D eigenvalue weighted by Crippen LogP contribution is -2.26. The summed E-state index contributed by atoms with van der Waals surface area (Å²) >= 11 is 0. The second-order valence-corrected chi connectivity index (χ2v) is 8.29. The van der Waals surface area contributed by atoms with Crippen molar-refractivity contribution in [2.45, 2.75) is 12.5 Å². The van der Waals surface area contributed by atoms with Crippen molar-refractivity contribution in [1.29, 1.82) is 0 Å². The Labute approximate surface area is 200 Å². The molecule has 7 nitrogen and oxygen atoms in total. The van der Waals surface area contributed by atoms with E-state index in [0.29, 0.717) is 22.4 Å². The Balaban J connectivity index is 1.56. The first kappa shape index (κ1) is 20.8. The topological polar surface area (TPSA) is 88.4 Å². The average molecular weight is 461 g/mol. The molecule has 7 heteroatoms. The molecule has 2 aromatic carbocycles. The maximum absolute atomic E-state index is 13.4. The molecule has 0 radical (unpaired) electrons. The van der Waals surface area contributed by atoms with Crippen LogP contribution in [0.3, 0.4) is 0 Å². The third kappa shape index (κ3) is 3.54. The lowest BCUT2D eigenvalue weighted by Gasteiger charge is -2.18. The lowest BCUT2D eigenvalue weighted by molar-refractivity contribution is -0.114. The van der Waals surface area contributed by atoms with Gasteiger partial charge in [0, 0.05) is 17.6 Å². The highest BCUT2D eigenvalue weighted by molar-refractivity contribution is 6.29. The number of amides is 2. The molecule has 0 aliphatic carbocycles. The van der Waals surface area contributed by atoms with E-state index >= 15 is 0 Å². The van der Waals surface area contributed by atoms with Gasteiger partial charge in [0.05, 0.1) is 29.2 Å². The molecule has 2 amide bonds. The van der Waals surface area contributed by atoms with Gasteiger partial charge in [-0.05, 0) is 47.2 Å². The molecule has 170 valence electrons. The van der Waals surface area contributed by atoms with Crippen molar-refractivity contribution in [2.24, 2.45) is 10.1 Å². The second kappa shape index (κ2) is 8.22. The van der Waals surface area contributed by atoms with Crippen LogP contribution in [0.25, 0.3) is 12.2 Å². The number of hydrogen-bond acceptors (Lipinski definition) is 5. The number of furan rings is 2. The summed E-state index contributed by atoms with van der Waals surface area (Å²) in [5, 5.41) is 7.36. The zero-order valence-electron chi connectivity index (χ0n) is 18.5. The Morgan fingerprint density at radius 1 is 0.943 bits per heavy atom. The van der Waals surface area contributed by atoms with Crippen molar-refractivity contribution in [1.82, 2.24) is 5.01 Å². The van der Waals surface area contributed by atoms with Crippen LogP contribution in [0.15, 0.2) is 110 Å². The first-order chi connectivity index (χ1) is 17.1. The van der Waals surface area contributed by atoms with E-state index < -0.39 is 17.9 Å². The fraction of sp³-hybridized carbons (Fsp3) is 0.0714. The van der Waals surface area contributed by atoms with Gasteiger partial charge in [0.2, 0.25) is 0 Å². The molecule has 4 aromatic rings. The maximum Gasteiger partial charge on any atom is 0.310 e. The van der Waals surface area contributed by atoms with Crippen LogP contribution < -0.4 is 10.6 Å². The summed E-state index contributed by atoms with van der Waals surface area (Å²) in [6, 6.07) is 21.4. The highest BCUT2D eigenvalue weighted by atomic mass is 16.3. The van der Waals surface area contributed by atoms with Crippen molar-refractivity contribution in [3.63, 3.8) is 0 Å². The summed E-state index contributed by atoms with van der Waals surface area (Å²) < 4.78 is 11.0. The zero-order chi connectivity index (χ0) is 23.9. The van der Waals surface area contributed by atoms with Crippen LogP contribution in [0, 0.1) is 0 Å². The highest BCUT2D eigenvalue weighted by Gasteiger charge is 2.40. The van der Waals surface area contributed by atoms with Crippen LogP contribution in [0.4, 0.5) is 0 Å². The van der Waals surface area contributed by atoms with Crippen LogP contribution in [0.2, 0.25) is 0 Å². The van der Waals surface area contributed by atoms with Crippen molar-refractivity contribution in [2.75, 3.05) is 0 Å². The number of rotatable bonds is 4. The van der Waals surface area contributed by atoms with Gasteiger partial charge in [0.25, 0.3) is 5.91 Å². The third-order valence-corrected chi connectivity index (χ3v) is 6.09. The Kier molecular flexibility index (Phi) is 4.88. The summed E-state index contributed by atoms with van der Waals surface area (Å²) in [4.78, 5) is 31.1. The predicted octanol–water partition coefficient (Wildman–Crippen LogP) is 3.89. The van der Waals surface area contributed by atoms with Crippen molar-refractivity contribution in [3.05, 3.63) is 124 Å². The fourth-order valence-corrected chi connectivity index (χ4v) is 4.52. The summed E-state index contributed by atoms with van der Waals surface area (Å²) in [7, 11) is 0. The first-order valence-electron chi connectivity index (χ1n) is 11.1. The van der Waals surface area contributed by atoms with E-state index in [1.807, 2.05) is 42.5 Å². The molecule has 4 heterocycles. The molecule has 35 heavy (non-hydrogen) atoms. The molecule has 0 fully saturated rings. The van der Waals surface area contributed by atoms with E-state index in [-0.39, 0.29) is 12.2 Å². The quantitative estimate of drug-likeness (QED) is 0.461. The summed E-state index contributed by atoms with van der Waals surface area (Å²) in [5.74, 6) is -0.118. The Bertz CT molecular complexity index is 1620. The number of carbonyl (C=O) groups is 2. The van der Waals surface area contributed by atoms with Gasteiger partial charge >= 0.3 is 5.91 Å². The average Bonchev–Trinajstić information content (AvgIpc) is 3.65. The number of carbonyl (C=O) groups excluding carboxylic acids is 2. The molecule has 0 bridgehead atoms. The minimum atomic E-state index is -0.532. The summed E-state index contributed by atoms with van der Waals surface area (Å²) in [6.45, 7) is 4.05. The molecular weight excluding hydrogens is 442 g/mol.